The molecular formula is C9H5F3N2O3. The van der Waals surface area contributed by atoms with E-state index in [1.165, 1.54) is 0 Å². The van der Waals surface area contributed by atoms with Gasteiger partial charge in [0.1, 0.15) is 6.26 Å². The molecule has 0 aliphatic heterocycles. The molecule has 1 rings (SSSR count). The number of aliphatic carboxylic acids is 1. The lowest BCUT2D eigenvalue weighted by molar-refractivity contribution is -0.132. The van der Waals surface area contributed by atoms with E-state index < -0.39 is 34.8 Å². The molecule has 2 N–H and O–H groups in total. The van der Waals surface area contributed by atoms with Gasteiger partial charge in [-0.2, -0.15) is 0 Å². The molecule has 90 valence electrons. The van der Waals surface area contributed by atoms with Crippen LogP contribution in [0.15, 0.2) is 34.3 Å². The van der Waals surface area contributed by atoms with E-state index >= 15 is 0 Å². The van der Waals surface area contributed by atoms with Crippen LogP contribution in [0.1, 0.15) is 0 Å². The second-order valence-electron chi connectivity index (χ2n) is 2.74. The highest BCUT2D eigenvalue weighted by Crippen LogP contribution is 2.20. The molecule has 8 heteroatoms. The van der Waals surface area contributed by atoms with Crippen LogP contribution in [0.5, 0.6) is 0 Å². The number of carbonyl (C=O) groups is 1. The second-order valence-corrected chi connectivity index (χ2v) is 2.74. The first-order valence-corrected chi connectivity index (χ1v) is 4.09. The van der Waals surface area contributed by atoms with E-state index in [9.17, 15) is 18.0 Å². The van der Waals surface area contributed by atoms with Gasteiger partial charge in [-0.05, 0) is 0 Å². The van der Waals surface area contributed by atoms with Gasteiger partial charge in [0, 0.05) is 12.1 Å². The van der Waals surface area contributed by atoms with E-state index in [1.54, 1.807) is 0 Å². The minimum absolute atomic E-state index is 0.155. The smallest absolute Gasteiger partial charge is 0.359 e. The number of azo groups is 1. The molecule has 0 aliphatic rings. The molecule has 0 spiro atoms. The first-order valence-electron chi connectivity index (χ1n) is 4.09. The van der Waals surface area contributed by atoms with Crippen molar-refractivity contribution in [2.24, 2.45) is 10.2 Å². The van der Waals surface area contributed by atoms with Crippen LogP contribution in [0, 0.1) is 17.5 Å². The molecule has 0 saturated carbocycles. The monoisotopic (exact) mass is 246 g/mol. The summed E-state index contributed by atoms with van der Waals surface area (Å²) in [7, 11) is 0. The van der Waals surface area contributed by atoms with Gasteiger partial charge in [0.25, 0.3) is 0 Å². The Labute approximate surface area is 92.5 Å². The van der Waals surface area contributed by atoms with Gasteiger partial charge in [0.15, 0.2) is 17.5 Å². The van der Waals surface area contributed by atoms with E-state index in [4.69, 9.17) is 10.2 Å². The maximum absolute atomic E-state index is 12.7. The Kier molecular flexibility index (Phi) is 3.81. The zero-order chi connectivity index (χ0) is 13.0. The SMILES string of the molecule is O=C(O)C(=CO)N=Nc1cc(F)c(F)c(F)c1. The highest BCUT2D eigenvalue weighted by molar-refractivity contribution is 5.85. The molecule has 0 atom stereocenters. The predicted molar refractivity (Wildman–Crippen MR) is 49.2 cm³/mol. The van der Waals surface area contributed by atoms with E-state index in [0.29, 0.717) is 12.1 Å². The maximum atomic E-state index is 12.7. The Bertz CT molecular complexity index is 491. The number of hydrogen-bond acceptors (Lipinski definition) is 4. The highest BCUT2D eigenvalue weighted by atomic mass is 19.2. The number of rotatable bonds is 3. The van der Waals surface area contributed by atoms with Crippen LogP contribution >= 0.6 is 0 Å². The van der Waals surface area contributed by atoms with Gasteiger partial charge < -0.3 is 10.2 Å². The largest absolute Gasteiger partial charge is 0.513 e. The lowest BCUT2D eigenvalue weighted by Crippen LogP contribution is -1.96. The van der Waals surface area contributed by atoms with Crippen LogP contribution in [0.4, 0.5) is 18.9 Å². The third kappa shape index (κ3) is 3.03. The fourth-order valence-corrected chi connectivity index (χ4v) is 0.835. The van der Waals surface area contributed by atoms with Gasteiger partial charge in [-0.25, -0.2) is 18.0 Å². The van der Waals surface area contributed by atoms with Gasteiger partial charge >= 0.3 is 5.97 Å². The molecule has 0 fully saturated rings. The molecule has 0 radical (unpaired) electrons. The first kappa shape index (κ1) is 12.7. The lowest BCUT2D eigenvalue weighted by Gasteiger charge is -1.97. The van der Waals surface area contributed by atoms with Crippen molar-refractivity contribution < 1.29 is 28.2 Å². The molecule has 0 aromatic heterocycles. The van der Waals surface area contributed by atoms with Crippen molar-refractivity contribution in [1.82, 2.24) is 0 Å². The third-order valence-corrected chi connectivity index (χ3v) is 1.58. The van der Waals surface area contributed by atoms with Gasteiger partial charge in [-0.15, -0.1) is 10.2 Å². The predicted octanol–water partition coefficient (Wildman–Crippen LogP) is 2.67. The van der Waals surface area contributed by atoms with Crippen molar-refractivity contribution in [3.05, 3.63) is 41.5 Å². The molecule has 5 nitrogen and oxygen atoms in total. The van der Waals surface area contributed by atoms with E-state index in [1.807, 2.05) is 0 Å². The van der Waals surface area contributed by atoms with Crippen LogP contribution in [-0.2, 0) is 4.79 Å². The molecule has 0 saturated heterocycles. The molecule has 0 bridgehead atoms. The quantitative estimate of drug-likeness (QED) is 0.372. The number of carboxylic acid groups (broad SMARTS) is 1. The summed E-state index contributed by atoms with van der Waals surface area (Å²) in [4.78, 5) is 10.3. The lowest BCUT2D eigenvalue weighted by atomic mass is 10.3. The number of aliphatic hydroxyl groups is 1. The molecule has 1 aromatic carbocycles. The number of halogens is 3. The summed E-state index contributed by atoms with van der Waals surface area (Å²) in [5.74, 6) is -6.22. The zero-order valence-electron chi connectivity index (χ0n) is 8.06. The number of hydrogen-bond donors (Lipinski definition) is 2. The summed E-state index contributed by atoms with van der Waals surface area (Å²) in [5, 5.41) is 23.0. The first-order chi connectivity index (χ1) is 7.95. The van der Waals surface area contributed by atoms with Gasteiger partial charge in [-0.1, -0.05) is 0 Å². The average molecular weight is 246 g/mol. The number of benzene rings is 1. The maximum Gasteiger partial charge on any atom is 0.359 e. The Morgan fingerprint density at radius 2 is 1.76 bits per heavy atom. The highest BCUT2D eigenvalue weighted by Gasteiger charge is 2.11. The second kappa shape index (κ2) is 5.10. The van der Waals surface area contributed by atoms with Crippen LogP contribution < -0.4 is 0 Å². The van der Waals surface area contributed by atoms with E-state index in [0.717, 1.165) is 0 Å². The minimum atomic E-state index is -1.67. The summed E-state index contributed by atoms with van der Waals surface area (Å²) in [6.07, 6.45) is 0.155. The van der Waals surface area contributed by atoms with Crippen molar-refractivity contribution in [3.8, 4) is 0 Å². The summed E-state index contributed by atoms with van der Waals surface area (Å²) in [5.41, 5.74) is -1.27. The van der Waals surface area contributed by atoms with Crippen molar-refractivity contribution in [2.75, 3.05) is 0 Å². The van der Waals surface area contributed by atoms with E-state index in [2.05, 4.69) is 10.2 Å². The van der Waals surface area contributed by atoms with Crippen LogP contribution in [0.25, 0.3) is 0 Å². The molecule has 0 aliphatic carbocycles. The van der Waals surface area contributed by atoms with Crippen LogP contribution in [0.2, 0.25) is 0 Å². The third-order valence-electron chi connectivity index (χ3n) is 1.58. The Morgan fingerprint density at radius 1 is 1.24 bits per heavy atom. The fraction of sp³-hybridized carbons (Fsp3) is 0. The van der Waals surface area contributed by atoms with E-state index in [-0.39, 0.29) is 6.26 Å². The Hall–Kier alpha value is -2.38. The van der Waals surface area contributed by atoms with Crippen LogP contribution in [-0.4, -0.2) is 16.2 Å². The molecular weight excluding hydrogens is 241 g/mol. The molecule has 1 aromatic rings. The molecule has 17 heavy (non-hydrogen) atoms. The molecule has 0 heterocycles. The summed E-state index contributed by atoms with van der Waals surface area (Å²) < 4.78 is 38.0. The van der Waals surface area contributed by atoms with Gasteiger partial charge in [0.05, 0.1) is 5.69 Å². The number of aliphatic hydroxyl groups excluding tert-OH is 1. The summed E-state index contributed by atoms with van der Waals surface area (Å²) in [6.45, 7) is 0. The standard InChI is InChI=1S/C9H5F3N2O3/c10-5-1-4(2-6(11)8(5)12)13-14-7(3-15)9(16)17/h1-3,15H,(H,16,17). The van der Waals surface area contributed by atoms with Crippen molar-refractivity contribution in [2.45, 2.75) is 0 Å². The average Bonchev–Trinajstić information content (AvgIpc) is 2.26. The molecule has 0 unspecified atom stereocenters. The zero-order valence-corrected chi connectivity index (χ0v) is 8.06. The fourth-order valence-electron chi connectivity index (χ4n) is 0.835. The van der Waals surface area contributed by atoms with Crippen molar-refractivity contribution in [1.29, 1.82) is 0 Å². The van der Waals surface area contributed by atoms with Gasteiger partial charge in [-0.3, -0.25) is 0 Å². The number of carboxylic acids is 1. The summed E-state index contributed by atoms with van der Waals surface area (Å²) in [6, 6.07) is 1.05. The topological polar surface area (TPSA) is 82.2 Å². The Morgan fingerprint density at radius 3 is 2.18 bits per heavy atom. The minimum Gasteiger partial charge on any atom is -0.513 e. The van der Waals surface area contributed by atoms with Crippen LogP contribution in [0.3, 0.4) is 0 Å². The normalized spacial score (nSPS) is 12.1. The number of nitrogens with zero attached hydrogens (tertiary/aromatic N) is 2. The molecule has 0 amide bonds. The Balaban J connectivity index is 3.04. The van der Waals surface area contributed by atoms with Crippen molar-refractivity contribution in [3.63, 3.8) is 0 Å². The summed E-state index contributed by atoms with van der Waals surface area (Å²) >= 11 is 0. The van der Waals surface area contributed by atoms with Gasteiger partial charge in [0.2, 0.25) is 5.70 Å². The van der Waals surface area contributed by atoms with Crippen molar-refractivity contribution >= 4 is 11.7 Å².